The van der Waals surface area contributed by atoms with Crippen molar-refractivity contribution in [2.45, 2.75) is 52.7 Å². The fourth-order valence-corrected chi connectivity index (χ4v) is 2.53. The largest absolute Gasteiger partial charge is 0.377 e. The van der Waals surface area contributed by atoms with Gasteiger partial charge in [-0.15, -0.1) is 0 Å². The summed E-state index contributed by atoms with van der Waals surface area (Å²) in [5.74, 6) is 1.09. The Hall–Kier alpha value is -1.13. The van der Waals surface area contributed by atoms with Gasteiger partial charge in [0.05, 0.1) is 19.3 Å². The number of nitrogens with zero attached hydrogens (tertiary/aromatic N) is 2. The number of rotatable bonds is 5. The molecular weight excluding hydrogens is 250 g/mol. The smallest absolute Gasteiger partial charge is 0.129 e. The molecule has 4 heteroatoms. The van der Waals surface area contributed by atoms with Gasteiger partial charge in [-0.05, 0) is 25.0 Å². The molecule has 0 amide bonds. The van der Waals surface area contributed by atoms with Gasteiger partial charge in [-0.2, -0.15) is 0 Å². The summed E-state index contributed by atoms with van der Waals surface area (Å²) in [5.41, 5.74) is 2.40. The Kier molecular flexibility index (Phi) is 5.38. The summed E-state index contributed by atoms with van der Waals surface area (Å²) in [5, 5.41) is 3.45. The van der Waals surface area contributed by atoms with E-state index in [1.807, 2.05) is 0 Å². The first kappa shape index (κ1) is 15.3. The van der Waals surface area contributed by atoms with Crippen LogP contribution in [-0.4, -0.2) is 36.8 Å². The number of aryl methyl sites for hydroxylation is 1. The predicted octanol–water partition coefficient (Wildman–Crippen LogP) is 2.50. The zero-order valence-electron chi connectivity index (χ0n) is 13.1. The lowest BCUT2D eigenvalue weighted by Crippen LogP contribution is -2.45. The fourth-order valence-electron chi connectivity index (χ4n) is 2.53. The molecule has 0 bridgehead atoms. The Labute approximate surface area is 122 Å². The number of pyridine rings is 1. The Morgan fingerprint density at radius 1 is 1.45 bits per heavy atom. The van der Waals surface area contributed by atoms with E-state index in [4.69, 9.17) is 9.72 Å². The van der Waals surface area contributed by atoms with Crippen LogP contribution in [0.3, 0.4) is 0 Å². The normalized spacial score (nSPS) is 19.6. The molecule has 1 aromatic heterocycles. The highest BCUT2D eigenvalue weighted by atomic mass is 16.5. The molecule has 1 N–H and O–H groups in total. The summed E-state index contributed by atoms with van der Waals surface area (Å²) in [6.07, 6.45) is 1.09. The Balaban J connectivity index is 2.11. The first-order chi connectivity index (χ1) is 9.61. The van der Waals surface area contributed by atoms with Gasteiger partial charge in [-0.25, -0.2) is 4.98 Å². The van der Waals surface area contributed by atoms with Crippen LogP contribution in [0.4, 0.5) is 5.82 Å². The van der Waals surface area contributed by atoms with E-state index in [0.717, 1.165) is 44.2 Å². The Morgan fingerprint density at radius 2 is 2.25 bits per heavy atom. The van der Waals surface area contributed by atoms with E-state index < -0.39 is 0 Å². The van der Waals surface area contributed by atoms with Gasteiger partial charge in [0.1, 0.15) is 5.82 Å². The van der Waals surface area contributed by atoms with E-state index >= 15 is 0 Å². The molecular formula is C16H27N3O. The van der Waals surface area contributed by atoms with Crippen molar-refractivity contribution in [3.63, 3.8) is 0 Å². The van der Waals surface area contributed by atoms with Crippen molar-refractivity contribution in [3.8, 4) is 0 Å². The summed E-state index contributed by atoms with van der Waals surface area (Å²) in [6.45, 7) is 12.1. The van der Waals surface area contributed by atoms with Crippen LogP contribution >= 0.6 is 0 Å². The number of nitrogens with one attached hydrogen (secondary N) is 1. The molecule has 0 aromatic carbocycles. The minimum atomic E-state index is 0.454. The maximum absolute atomic E-state index is 5.56. The lowest BCUT2D eigenvalue weighted by Gasteiger charge is -2.36. The number of anilines is 1. The van der Waals surface area contributed by atoms with Crippen molar-refractivity contribution >= 4 is 5.82 Å². The highest BCUT2D eigenvalue weighted by Crippen LogP contribution is 2.21. The van der Waals surface area contributed by atoms with Crippen molar-refractivity contribution in [1.82, 2.24) is 10.3 Å². The van der Waals surface area contributed by atoms with E-state index in [0.29, 0.717) is 12.1 Å². The molecule has 0 saturated carbocycles. The monoisotopic (exact) mass is 277 g/mol. The van der Waals surface area contributed by atoms with Gasteiger partial charge in [0.25, 0.3) is 0 Å². The fraction of sp³-hybridized carbons (Fsp3) is 0.688. The van der Waals surface area contributed by atoms with Gasteiger partial charge in [-0.3, -0.25) is 0 Å². The summed E-state index contributed by atoms with van der Waals surface area (Å²) < 4.78 is 5.56. The zero-order valence-corrected chi connectivity index (χ0v) is 13.1. The lowest BCUT2D eigenvalue weighted by molar-refractivity contribution is 0.0925. The molecule has 1 unspecified atom stereocenters. The van der Waals surface area contributed by atoms with Crippen LogP contribution in [0.1, 0.15) is 38.4 Å². The van der Waals surface area contributed by atoms with E-state index in [9.17, 15) is 0 Å². The molecule has 1 aromatic rings. The topological polar surface area (TPSA) is 37.4 Å². The number of hydrogen-bond donors (Lipinski definition) is 1. The molecule has 0 aliphatic carbocycles. The van der Waals surface area contributed by atoms with Crippen LogP contribution in [0.25, 0.3) is 0 Å². The molecule has 1 aliphatic rings. The minimum absolute atomic E-state index is 0.454. The molecule has 1 aliphatic heterocycles. The van der Waals surface area contributed by atoms with E-state index in [1.54, 1.807) is 0 Å². The highest BCUT2D eigenvalue weighted by Gasteiger charge is 2.22. The predicted molar refractivity (Wildman–Crippen MR) is 83.2 cm³/mol. The molecule has 0 spiro atoms. The average Bonchev–Trinajstić information content (AvgIpc) is 2.45. The second kappa shape index (κ2) is 7.04. The molecule has 20 heavy (non-hydrogen) atoms. The van der Waals surface area contributed by atoms with Crippen LogP contribution in [0.15, 0.2) is 12.1 Å². The van der Waals surface area contributed by atoms with E-state index in [1.165, 1.54) is 5.56 Å². The van der Waals surface area contributed by atoms with E-state index in [2.05, 4.69) is 50.0 Å². The number of aromatic nitrogens is 1. The first-order valence-electron chi connectivity index (χ1n) is 7.66. The molecule has 4 nitrogen and oxygen atoms in total. The van der Waals surface area contributed by atoms with Gasteiger partial charge < -0.3 is 15.0 Å². The molecule has 1 saturated heterocycles. The van der Waals surface area contributed by atoms with Crippen LogP contribution in [-0.2, 0) is 11.3 Å². The van der Waals surface area contributed by atoms with Crippen molar-refractivity contribution in [2.75, 3.05) is 24.7 Å². The summed E-state index contributed by atoms with van der Waals surface area (Å²) in [4.78, 5) is 7.19. The standard InChI is InChI=1S/C16H27N3O/c1-5-15-11-20-9-8-19(15)16-7-6-14(13(4)18-16)10-17-12(2)3/h6-7,12,15,17H,5,8-11H2,1-4H3. The third kappa shape index (κ3) is 3.70. The molecule has 2 heterocycles. The third-order valence-electron chi connectivity index (χ3n) is 3.87. The second-order valence-electron chi connectivity index (χ2n) is 5.78. The molecule has 1 fully saturated rings. The van der Waals surface area contributed by atoms with Crippen molar-refractivity contribution < 1.29 is 4.74 Å². The highest BCUT2D eigenvalue weighted by molar-refractivity contribution is 5.43. The van der Waals surface area contributed by atoms with Crippen LogP contribution in [0, 0.1) is 6.92 Å². The van der Waals surface area contributed by atoms with Crippen molar-refractivity contribution in [3.05, 3.63) is 23.4 Å². The Bertz CT molecular complexity index is 434. The number of morpholine rings is 1. The van der Waals surface area contributed by atoms with Crippen LogP contribution < -0.4 is 10.2 Å². The zero-order chi connectivity index (χ0) is 14.5. The Morgan fingerprint density at radius 3 is 2.90 bits per heavy atom. The first-order valence-corrected chi connectivity index (χ1v) is 7.66. The number of hydrogen-bond acceptors (Lipinski definition) is 4. The maximum atomic E-state index is 5.56. The molecule has 2 rings (SSSR count). The van der Waals surface area contributed by atoms with Gasteiger partial charge in [0.15, 0.2) is 0 Å². The van der Waals surface area contributed by atoms with Crippen molar-refractivity contribution in [2.24, 2.45) is 0 Å². The molecule has 1 atom stereocenters. The van der Waals surface area contributed by atoms with Crippen LogP contribution in [0.2, 0.25) is 0 Å². The quantitative estimate of drug-likeness (QED) is 0.897. The minimum Gasteiger partial charge on any atom is -0.377 e. The van der Waals surface area contributed by atoms with Gasteiger partial charge in [0, 0.05) is 24.8 Å². The van der Waals surface area contributed by atoms with Crippen LogP contribution in [0.5, 0.6) is 0 Å². The van der Waals surface area contributed by atoms with Crippen molar-refractivity contribution in [1.29, 1.82) is 0 Å². The summed E-state index contributed by atoms with van der Waals surface area (Å²) in [6, 6.07) is 5.31. The molecule has 0 radical (unpaired) electrons. The summed E-state index contributed by atoms with van der Waals surface area (Å²) in [7, 11) is 0. The summed E-state index contributed by atoms with van der Waals surface area (Å²) >= 11 is 0. The van der Waals surface area contributed by atoms with E-state index in [-0.39, 0.29) is 0 Å². The lowest BCUT2D eigenvalue weighted by atomic mass is 10.1. The maximum Gasteiger partial charge on any atom is 0.129 e. The third-order valence-corrected chi connectivity index (χ3v) is 3.87. The molecule has 112 valence electrons. The van der Waals surface area contributed by atoms with Gasteiger partial charge in [0.2, 0.25) is 0 Å². The van der Waals surface area contributed by atoms with Gasteiger partial charge >= 0.3 is 0 Å². The second-order valence-corrected chi connectivity index (χ2v) is 5.78. The van der Waals surface area contributed by atoms with Gasteiger partial charge in [-0.1, -0.05) is 26.8 Å². The number of ether oxygens (including phenoxy) is 1. The SMILES string of the molecule is CCC1COCCN1c1ccc(CNC(C)C)c(C)n1. The average molecular weight is 277 g/mol.